The van der Waals surface area contributed by atoms with Crippen molar-refractivity contribution in [2.45, 2.75) is 50.3 Å². The number of nitrogens with one attached hydrogen (secondary N) is 1. The minimum absolute atomic E-state index is 0.278. The van der Waals surface area contributed by atoms with Crippen LogP contribution in [0.5, 0.6) is 0 Å². The van der Waals surface area contributed by atoms with E-state index >= 15 is 0 Å². The van der Waals surface area contributed by atoms with E-state index in [-0.39, 0.29) is 6.61 Å². The van der Waals surface area contributed by atoms with Crippen LogP contribution >= 0.6 is 11.8 Å². The molecule has 1 aliphatic carbocycles. The first-order valence-electron chi connectivity index (χ1n) is 6.15. The highest BCUT2D eigenvalue weighted by molar-refractivity contribution is 7.99. The molecule has 2 atom stereocenters. The van der Waals surface area contributed by atoms with Crippen molar-refractivity contribution in [1.82, 2.24) is 5.32 Å². The lowest BCUT2D eigenvalue weighted by Crippen LogP contribution is -2.40. The zero-order chi connectivity index (χ0) is 11.1. The molecule has 0 amide bonds. The molecule has 1 aliphatic rings. The van der Waals surface area contributed by atoms with Crippen LogP contribution in [0.15, 0.2) is 0 Å². The van der Waals surface area contributed by atoms with Crippen LogP contribution in [0.1, 0.15) is 39.0 Å². The van der Waals surface area contributed by atoms with Crippen LogP contribution in [-0.4, -0.2) is 35.8 Å². The van der Waals surface area contributed by atoms with Crippen molar-refractivity contribution in [2.75, 3.05) is 19.4 Å². The van der Waals surface area contributed by atoms with Crippen molar-refractivity contribution in [3.63, 3.8) is 0 Å². The highest BCUT2D eigenvalue weighted by Gasteiger charge is 2.18. The third-order valence-electron chi connectivity index (χ3n) is 3.49. The van der Waals surface area contributed by atoms with E-state index in [0.717, 1.165) is 12.5 Å². The third kappa shape index (κ3) is 4.75. The Labute approximate surface area is 98.2 Å². The first kappa shape index (κ1) is 13.3. The number of aliphatic hydroxyl groups excluding tert-OH is 1. The smallest absolute Gasteiger partial charge is 0.0564 e. The third-order valence-corrected chi connectivity index (χ3v) is 4.66. The second-order valence-corrected chi connectivity index (χ2v) is 5.73. The van der Waals surface area contributed by atoms with Crippen LogP contribution in [0.4, 0.5) is 0 Å². The Bertz CT molecular complexity index is 156. The van der Waals surface area contributed by atoms with Crippen LogP contribution in [0.2, 0.25) is 0 Å². The minimum atomic E-state index is 0.278. The Hall–Kier alpha value is 0.270. The molecule has 0 aromatic heterocycles. The van der Waals surface area contributed by atoms with Gasteiger partial charge in [0.25, 0.3) is 0 Å². The second kappa shape index (κ2) is 7.53. The maximum atomic E-state index is 9.17. The summed E-state index contributed by atoms with van der Waals surface area (Å²) in [6.45, 7) is 3.60. The van der Waals surface area contributed by atoms with E-state index < -0.39 is 0 Å². The molecule has 2 unspecified atom stereocenters. The summed E-state index contributed by atoms with van der Waals surface area (Å²) in [6, 6.07) is 0.423. The summed E-state index contributed by atoms with van der Waals surface area (Å²) in [7, 11) is 0. The Morgan fingerprint density at radius 1 is 1.33 bits per heavy atom. The van der Waals surface area contributed by atoms with E-state index in [4.69, 9.17) is 0 Å². The fourth-order valence-corrected chi connectivity index (χ4v) is 2.97. The van der Waals surface area contributed by atoms with Crippen molar-refractivity contribution in [3.8, 4) is 0 Å². The normalized spacial score (nSPS) is 22.6. The van der Waals surface area contributed by atoms with E-state index in [1.54, 1.807) is 11.8 Å². The van der Waals surface area contributed by atoms with Gasteiger partial charge in [-0.25, -0.2) is 0 Å². The highest BCUT2D eigenvalue weighted by atomic mass is 32.2. The Balaban J connectivity index is 2.16. The molecule has 3 heteroatoms. The first-order chi connectivity index (χ1) is 7.27. The molecule has 0 bridgehead atoms. The lowest BCUT2D eigenvalue weighted by molar-refractivity contribution is 0.266. The Morgan fingerprint density at radius 2 is 2.00 bits per heavy atom. The molecule has 15 heavy (non-hydrogen) atoms. The van der Waals surface area contributed by atoms with Gasteiger partial charge in [0, 0.05) is 11.3 Å². The molecule has 90 valence electrons. The fourth-order valence-electron chi connectivity index (χ4n) is 2.31. The van der Waals surface area contributed by atoms with E-state index in [1.165, 1.54) is 32.1 Å². The molecule has 1 rings (SSSR count). The molecule has 2 nitrogen and oxygen atoms in total. The molecule has 0 heterocycles. The summed E-state index contributed by atoms with van der Waals surface area (Å²) in [5.41, 5.74) is 0. The molecule has 0 aliphatic heterocycles. The van der Waals surface area contributed by atoms with Crippen molar-refractivity contribution < 1.29 is 5.11 Å². The maximum Gasteiger partial charge on any atom is 0.0564 e. The van der Waals surface area contributed by atoms with Gasteiger partial charge in [0.1, 0.15) is 0 Å². The van der Waals surface area contributed by atoms with Crippen molar-refractivity contribution in [3.05, 3.63) is 0 Å². The van der Waals surface area contributed by atoms with Crippen molar-refractivity contribution in [1.29, 1.82) is 0 Å². The summed E-state index contributed by atoms with van der Waals surface area (Å²) in [6.07, 6.45) is 9.10. The van der Waals surface area contributed by atoms with Crippen LogP contribution in [0.25, 0.3) is 0 Å². The topological polar surface area (TPSA) is 32.3 Å². The SMILES string of the molecule is CSC(CO)C(C)NCC1CCCCC1. The first-order valence-corrected chi connectivity index (χ1v) is 7.43. The number of rotatable bonds is 6. The van der Waals surface area contributed by atoms with Gasteiger partial charge in [0.2, 0.25) is 0 Å². The maximum absolute atomic E-state index is 9.17. The molecule has 1 fully saturated rings. The van der Waals surface area contributed by atoms with Gasteiger partial charge in [0.05, 0.1) is 6.61 Å². The zero-order valence-electron chi connectivity index (χ0n) is 10.0. The van der Waals surface area contributed by atoms with E-state index in [2.05, 4.69) is 18.5 Å². The number of hydrogen-bond acceptors (Lipinski definition) is 3. The summed E-state index contributed by atoms with van der Waals surface area (Å²) < 4.78 is 0. The van der Waals surface area contributed by atoms with Gasteiger partial charge in [-0.2, -0.15) is 11.8 Å². The standard InChI is InChI=1S/C12H25NOS/c1-10(12(9-14)15-2)13-8-11-6-4-3-5-7-11/h10-14H,3-9H2,1-2H3. The Kier molecular flexibility index (Phi) is 6.69. The molecular weight excluding hydrogens is 206 g/mol. The van der Waals surface area contributed by atoms with Crippen LogP contribution in [0.3, 0.4) is 0 Å². The molecule has 1 saturated carbocycles. The van der Waals surface area contributed by atoms with Crippen molar-refractivity contribution >= 4 is 11.8 Å². The molecular formula is C12H25NOS. The van der Waals surface area contributed by atoms with Gasteiger partial charge < -0.3 is 10.4 Å². The summed E-state index contributed by atoms with van der Waals surface area (Å²) >= 11 is 1.75. The van der Waals surface area contributed by atoms with Crippen LogP contribution < -0.4 is 5.32 Å². The molecule has 0 aromatic rings. The van der Waals surface area contributed by atoms with Gasteiger partial charge >= 0.3 is 0 Å². The lowest BCUT2D eigenvalue weighted by atomic mass is 9.89. The van der Waals surface area contributed by atoms with E-state index in [1.807, 2.05) is 0 Å². The van der Waals surface area contributed by atoms with Gasteiger partial charge in [-0.1, -0.05) is 19.3 Å². The lowest BCUT2D eigenvalue weighted by Gasteiger charge is -2.26. The van der Waals surface area contributed by atoms with Crippen LogP contribution in [0, 0.1) is 5.92 Å². The number of hydrogen-bond donors (Lipinski definition) is 2. The van der Waals surface area contributed by atoms with Crippen molar-refractivity contribution in [2.24, 2.45) is 5.92 Å². The highest BCUT2D eigenvalue weighted by Crippen LogP contribution is 2.23. The average molecular weight is 231 g/mol. The van der Waals surface area contributed by atoms with E-state index in [9.17, 15) is 5.11 Å². The largest absolute Gasteiger partial charge is 0.395 e. The second-order valence-electron chi connectivity index (χ2n) is 4.66. The van der Waals surface area contributed by atoms with Gasteiger partial charge in [-0.05, 0) is 38.5 Å². The minimum Gasteiger partial charge on any atom is -0.395 e. The van der Waals surface area contributed by atoms with Crippen LogP contribution in [-0.2, 0) is 0 Å². The van der Waals surface area contributed by atoms with Gasteiger partial charge in [-0.15, -0.1) is 0 Å². The quantitative estimate of drug-likeness (QED) is 0.735. The summed E-state index contributed by atoms with van der Waals surface area (Å²) in [5, 5.41) is 13.1. The predicted molar refractivity (Wildman–Crippen MR) is 68.4 cm³/mol. The molecule has 0 spiro atoms. The van der Waals surface area contributed by atoms with Gasteiger partial charge in [0.15, 0.2) is 0 Å². The predicted octanol–water partition coefficient (Wildman–Crippen LogP) is 2.27. The Morgan fingerprint density at radius 3 is 2.53 bits per heavy atom. The molecule has 0 radical (unpaired) electrons. The molecule has 0 saturated heterocycles. The molecule has 0 aromatic carbocycles. The number of aliphatic hydroxyl groups is 1. The van der Waals surface area contributed by atoms with Gasteiger partial charge in [-0.3, -0.25) is 0 Å². The summed E-state index contributed by atoms with van der Waals surface area (Å²) in [5.74, 6) is 0.877. The number of thioether (sulfide) groups is 1. The average Bonchev–Trinajstić information content (AvgIpc) is 2.29. The monoisotopic (exact) mass is 231 g/mol. The fraction of sp³-hybridized carbons (Fsp3) is 1.00. The molecule has 2 N–H and O–H groups in total. The zero-order valence-corrected chi connectivity index (χ0v) is 10.9. The summed E-state index contributed by atoms with van der Waals surface area (Å²) in [4.78, 5) is 0. The van der Waals surface area contributed by atoms with E-state index in [0.29, 0.717) is 11.3 Å².